The van der Waals surface area contributed by atoms with Crippen LogP contribution in [0.1, 0.15) is 47.8 Å². The lowest BCUT2D eigenvalue weighted by atomic mass is 10.1. The smallest absolute Gasteiger partial charge is 0.192 e. The number of aliphatic hydroxyl groups is 1. The van der Waals surface area contributed by atoms with Crippen LogP contribution in [-0.2, 0) is 13.6 Å². The molecular weight excluding hydrogens is 454 g/mol. The van der Waals surface area contributed by atoms with Crippen molar-refractivity contribution >= 4 is 33.6 Å². The number of nitrogens with two attached hydrogens (primary N) is 1. The maximum atomic E-state index is 11.4. The summed E-state index contributed by atoms with van der Waals surface area (Å²) in [5.74, 6) is 0.303. The topological polar surface area (TPSA) is 118 Å². The van der Waals surface area contributed by atoms with E-state index in [0.717, 1.165) is 0 Å². The van der Waals surface area contributed by atoms with E-state index in [-0.39, 0.29) is 10.1 Å². The summed E-state index contributed by atoms with van der Waals surface area (Å²) >= 11 is 0. The lowest BCUT2D eigenvalue weighted by molar-refractivity contribution is -0.0476. The van der Waals surface area contributed by atoms with Crippen LogP contribution in [-0.4, -0.2) is 66.2 Å². The Labute approximate surface area is 199 Å². The summed E-state index contributed by atoms with van der Waals surface area (Å²) < 4.78 is 21.3. The van der Waals surface area contributed by atoms with Gasteiger partial charge in [0.15, 0.2) is 34.3 Å². The van der Waals surface area contributed by atoms with Crippen molar-refractivity contribution in [1.82, 2.24) is 19.5 Å². The molecule has 3 N–H and O–H groups in total. The van der Waals surface area contributed by atoms with Gasteiger partial charge in [-0.2, -0.15) is 0 Å². The van der Waals surface area contributed by atoms with Crippen LogP contribution >= 0.6 is 0 Å². The second-order valence-corrected chi connectivity index (χ2v) is 21.6. The molecule has 0 aliphatic carbocycles. The summed E-state index contributed by atoms with van der Waals surface area (Å²) in [4.78, 5) is 12.8. The Morgan fingerprint density at radius 2 is 1.64 bits per heavy atom. The molecule has 0 radical (unpaired) electrons. The van der Waals surface area contributed by atoms with Gasteiger partial charge in [0.05, 0.1) is 12.9 Å². The number of aromatic nitrogens is 4. The molecular formula is C22H41N5O4Si2. The van der Waals surface area contributed by atoms with Crippen molar-refractivity contribution in [2.24, 2.45) is 0 Å². The number of fused-ring (bicyclic) bond motifs is 1. The Morgan fingerprint density at radius 1 is 1.03 bits per heavy atom. The second kappa shape index (κ2) is 8.69. The Morgan fingerprint density at radius 3 is 2.21 bits per heavy atom. The molecule has 186 valence electrons. The third kappa shape index (κ3) is 5.03. The number of hydrogen-bond donors (Lipinski definition) is 2. The van der Waals surface area contributed by atoms with Gasteiger partial charge in [0, 0.05) is 0 Å². The van der Waals surface area contributed by atoms with Crippen LogP contribution in [0.2, 0.25) is 36.3 Å². The van der Waals surface area contributed by atoms with Crippen LogP contribution in [0.5, 0.6) is 0 Å². The summed E-state index contributed by atoms with van der Waals surface area (Å²) in [6.07, 6.45) is 0.449. The molecule has 2 aromatic rings. The number of nitrogens with zero attached hydrogens (tertiary/aromatic N) is 4. The molecule has 1 unspecified atom stereocenters. The fraction of sp³-hybridized carbons (Fsp3) is 0.773. The molecule has 0 amide bonds. The van der Waals surface area contributed by atoms with E-state index in [1.165, 1.54) is 6.33 Å². The van der Waals surface area contributed by atoms with Crippen LogP contribution in [0.25, 0.3) is 11.2 Å². The van der Waals surface area contributed by atoms with Crippen LogP contribution in [0, 0.1) is 0 Å². The van der Waals surface area contributed by atoms with E-state index in [0.29, 0.717) is 23.6 Å². The van der Waals surface area contributed by atoms with Gasteiger partial charge in [-0.3, -0.25) is 4.57 Å². The summed E-state index contributed by atoms with van der Waals surface area (Å²) in [6, 6.07) is 0. The van der Waals surface area contributed by atoms with Crippen molar-refractivity contribution in [2.45, 2.75) is 102 Å². The minimum absolute atomic E-state index is 0.0312. The van der Waals surface area contributed by atoms with E-state index in [4.69, 9.17) is 19.3 Å². The standard InChI is InChI=1S/C22H41N5O4Si2/c1-21(2,3)32(7,8)29-11-14-16(28)17(31-33(9,10)22(4,5)6)20(30-14)27-13-26-15-18(23)24-12-25-19(15)27/h12-14,16-17,20,28H,11H2,1-10H3,(H2,23,24,25)/t14-,16+,17?,20-/m1/s1. The molecule has 11 heteroatoms. The van der Waals surface area contributed by atoms with Gasteiger partial charge in [0.1, 0.15) is 30.2 Å². The number of rotatable bonds is 6. The van der Waals surface area contributed by atoms with Gasteiger partial charge in [-0.1, -0.05) is 41.5 Å². The largest absolute Gasteiger partial charge is 0.414 e. The molecule has 9 nitrogen and oxygen atoms in total. The van der Waals surface area contributed by atoms with Gasteiger partial charge in [-0.25, -0.2) is 15.0 Å². The molecule has 1 saturated heterocycles. The summed E-state index contributed by atoms with van der Waals surface area (Å²) in [6.45, 7) is 22.1. The van der Waals surface area contributed by atoms with Gasteiger partial charge < -0.3 is 24.4 Å². The molecule has 0 aromatic carbocycles. The van der Waals surface area contributed by atoms with Gasteiger partial charge in [0.25, 0.3) is 0 Å². The SMILES string of the molecule is CC(C)(C)[Si](C)(C)OC[C@H]1O[C@@H](n2cnc3c(N)ncnc32)C(O[Si](C)(C)C(C)(C)C)[C@H]1O. The number of anilines is 1. The third-order valence-corrected chi connectivity index (χ3v) is 16.6. The molecule has 1 fully saturated rings. The van der Waals surface area contributed by atoms with E-state index in [1.54, 1.807) is 10.9 Å². The first-order chi connectivity index (χ1) is 15.0. The van der Waals surface area contributed by atoms with Crippen LogP contribution in [0.15, 0.2) is 12.7 Å². The van der Waals surface area contributed by atoms with Gasteiger partial charge in [-0.15, -0.1) is 0 Å². The zero-order valence-corrected chi connectivity index (χ0v) is 23.7. The Hall–Kier alpha value is -1.38. The van der Waals surface area contributed by atoms with Crippen molar-refractivity contribution in [3.63, 3.8) is 0 Å². The fourth-order valence-electron chi connectivity index (χ4n) is 3.29. The van der Waals surface area contributed by atoms with Crippen molar-refractivity contribution < 1.29 is 18.7 Å². The molecule has 3 heterocycles. The highest BCUT2D eigenvalue weighted by Crippen LogP contribution is 2.43. The average molecular weight is 496 g/mol. The maximum Gasteiger partial charge on any atom is 0.192 e. The molecule has 0 spiro atoms. The lowest BCUT2D eigenvalue weighted by Crippen LogP contribution is -2.49. The first kappa shape index (κ1) is 26.2. The Balaban J connectivity index is 1.95. The molecule has 2 aromatic heterocycles. The van der Waals surface area contributed by atoms with Crippen molar-refractivity contribution in [1.29, 1.82) is 0 Å². The van der Waals surface area contributed by atoms with Crippen LogP contribution < -0.4 is 5.73 Å². The summed E-state index contributed by atoms with van der Waals surface area (Å²) in [7, 11) is -4.25. The third-order valence-electron chi connectivity index (χ3n) is 7.63. The summed E-state index contributed by atoms with van der Waals surface area (Å²) in [5.41, 5.74) is 7.05. The monoisotopic (exact) mass is 495 g/mol. The number of imidazole rings is 1. The van der Waals surface area contributed by atoms with Gasteiger partial charge >= 0.3 is 0 Å². The van der Waals surface area contributed by atoms with E-state index in [1.807, 2.05) is 0 Å². The van der Waals surface area contributed by atoms with Crippen molar-refractivity contribution in [2.75, 3.05) is 12.3 Å². The number of hydrogen-bond acceptors (Lipinski definition) is 8. The number of nitrogen functional groups attached to an aromatic ring is 1. The zero-order valence-electron chi connectivity index (χ0n) is 21.7. The molecule has 33 heavy (non-hydrogen) atoms. The van der Waals surface area contributed by atoms with Crippen molar-refractivity contribution in [3.8, 4) is 0 Å². The summed E-state index contributed by atoms with van der Waals surface area (Å²) in [5, 5.41) is 11.4. The molecule has 1 aliphatic heterocycles. The highest BCUT2D eigenvalue weighted by Gasteiger charge is 2.51. The van der Waals surface area contributed by atoms with E-state index < -0.39 is 41.2 Å². The number of ether oxygens (including phenoxy) is 1. The molecule has 3 rings (SSSR count). The first-order valence-electron chi connectivity index (χ1n) is 11.5. The normalized spacial score (nSPS) is 25.2. The molecule has 0 bridgehead atoms. The highest BCUT2D eigenvalue weighted by atomic mass is 28.4. The van der Waals surface area contributed by atoms with Gasteiger partial charge in [0.2, 0.25) is 0 Å². The minimum atomic E-state index is -2.23. The predicted octanol–water partition coefficient (Wildman–Crippen LogP) is 4.08. The molecule has 4 atom stereocenters. The Bertz CT molecular complexity index is 983. The maximum absolute atomic E-state index is 11.4. The highest BCUT2D eigenvalue weighted by molar-refractivity contribution is 6.74. The van der Waals surface area contributed by atoms with E-state index >= 15 is 0 Å². The quantitative estimate of drug-likeness (QED) is 0.576. The first-order valence-corrected chi connectivity index (χ1v) is 17.4. The Kier molecular flexibility index (Phi) is 6.90. The zero-order chi connectivity index (χ0) is 25.0. The number of aliphatic hydroxyl groups excluding tert-OH is 1. The minimum Gasteiger partial charge on any atom is -0.414 e. The van der Waals surface area contributed by atoms with Crippen molar-refractivity contribution in [3.05, 3.63) is 12.7 Å². The van der Waals surface area contributed by atoms with Gasteiger partial charge in [-0.05, 0) is 36.3 Å². The lowest BCUT2D eigenvalue weighted by Gasteiger charge is -2.40. The predicted molar refractivity (Wildman–Crippen MR) is 135 cm³/mol. The van der Waals surface area contributed by atoms with E-state index in [2.05, 4.69) is 82.7 Å². The van der Waals surface area contributed by atoms with Crippen LogP contribution in [0.4, 0.5) is 5.82 Å². The van der Waals surface area contributed by atoms with Crippen LogP contribution in [0.3, 0.4) is 0 Å². The molecule has 0 saturated carbocycles. The second-order valence-electron chi connectivity index (χ2n) is 12.1. The van der Waals surface area contributed by atoms with E-state index in [9.17, 15) is 5.11 Å². The average Bonchev–Trinajstić information content (AvgIpc) is 3.21. The molecule has 1 aliphatic rings. The fourth-order valence-corrected chi connectivity index (χ4v) is 5.59.